The molecule has 0 spiro atoms. The molecule has 1 heterocycles. The van der Waals surface area contributed by atoms with Crippen LogP contribution in [0.5, 0.6) is 0 Å². The first kappa shape index (κ1) is 15.2. The number of ether oxygens (including phenoxy) is 1. The molecule has 1 aromatic heterocycles. The SMILES string of the molecule is O=C(COC(=O)Cc1ccccc1)Cc1ccc(Cl)cn1. The van der Waals surface area contributed by atoms with Crippen molar-refractivity contribution in [3.63, 3.8) is 0 Å². The number of pyridine rings is 1. The number of ketones is 1. The zero-order valence-corrected chi connectivity index (χ0v) is 12.0. The van der Waals surface area contributed by atoms with Crippen LogP contribution in [-0.4, -0.2) is 23.3 Å². The van der Waals surface area contributed by atoms with E-state index in [9.17, 15) is 9.59 Å². The van der Waals surface area contributed by atoms with Gasteiger partial charge in [-0.25, -0.2) is 0 Å². The predicted molar refractivity (Wildman–Crippen MR) is 79.1 cm³/mol. The lowest BCUT2D eigenvalue weighted by Gasteiger charge is -2.04. The molecule has 0 saturated heterocycles. The molecule has 5 heteroatoms. The average Bonchev–Trinajstić information content (AvgIpc) is 2.49. The fourth-order valence-electron chi connectivity index (χ4n) is 1.74. The number of Topliss-reactive ketones (excluding diaryl/α,β-unsaturated/α-hetero) is 1. The monoisotopic (exact) mass is 303 g/mol. The molecule has 0 bridgehead atoms. The molecule has 0 fully saturated rings. The minimum Gasteiger partial charge on any atom is -0.457 e. The molecule has 0 aliphatic rings. The first-order chi connectivity index (χ1) is 10.1. The Kier molecular flexibility index (Phi) is 5.46. The molecule has 1 aromatic carbocycles. The second-order valence-corrected chi connectivity index (χ2v) is 4.94. The van der Waals surface area contributed by atoms with Gasteiger partial charge in [0.15, 0.2) is 5.78 Å². The van der Waals surface area contributed by atoms with Crippen LogP contribution in [-0.2, 0) is 27.2 Å². The maximum Gasteiger partial charge on any atom is 0.310 e. The second kappa shape index (κ2) is 7.55. The molecule has 0 amide bonds. The normalized spacial score (nSPS) is 10.1. The van der Waals surface area contributed by atoms with Crippen LogP contribution >= 0.6 is 11.6 Å². The van der Waals surface area contributed by atoms with E-state index in [2.05, 4.69) is 4.98 Å². The van der Waals surface area contributed by atoms with E-state index in [-0.39, 0.29) is 25.2 Å². The number of carbonyl (C=O) groups is 2. The van der Waals surface area contributed by atoms with E-state index >= 15 is 0 Å². The van der Waals surface area contributed by atoms with Crippen molar-refractivity contribution in [2.45, 2.75) is 12.8 Å². The van der Waals surface area contributed by atoms with Gasteiger partial charge in [0.05, 0.1) is 17.9 Å². The van der Waals surface area contributed by atoms with Crippen molar-refractivity contribution >= 4 is 23.4 Å². The summed E-state index contributed by atoms with van der Waals surface area (Å²) < 4.78 is 4.96. The zero-order chi connectivity index (χ0) is 15.1. The van der Waals surface area contributed by atoms with Gasteiger partial charge < -0.3 is 4.74 Å². The van der Waals surface area contributed by atoms with E-state index in [1.807, 2.05) is 30.3 Å². The van der Waals surface area contributed by atoms with Gasteiger partial charge in [0, 0.05) is 11.9 Å². The minimum atomic E-state index is -0.418. The van der Waals surface area contributed by atoms with Crippen molar-refractivity contribution < 1.29 is 14.3 Å². The standard InChI is InChI=1S/C16H14ClNO3/c17-13-6-7-14(18-10-13)9-15(19)11-21-16(20)8-12-4-2-1-3-5-12/h1-7,10H,8-9,11H2. The van der Waals surface area contributed by atoms with Crippen molar-refractivity contribution in [3.8, 4) is 0 Å². The Morgan fingerprint density at radius 3 is 2.48 bits per heavy atom. The van der Waals surface area contributed by atoms with Gasteiger partial charge in [0.1, 0.15) is 6.61 Å². The van der Waals surface area contributed by atoms with Crippen molar-refractivity contribution in [1.82, 2.24) is 4.98 Å². The van der Waals surface area contributed by atoms with Gasteiger partial charge in [-0.3, -0.25) is 14.6 Å². The highest BCUT2D eigenvalue weighted by Gasteiger charge is 2.10. The Hall–Kier alpha value is -2.20. The summed E-state index contributed by atoms with van der Waals surface area (Å²) in [6.45, 7) is -0.240. The van der Waals surface area contributed by atoms with Crippen LogP contribution in [0.15, 0.2) is 48.7 Å². The fourth-order valence-corrected chi connectivity index (χ4v) is 1.85. The summed E-state index contributed by atoms with van der Waals surface area (Å²) in [4.78, 5) is 27.3. The molecule has 21 heavy (non-hydrogen) atoms. The highest BCUT2D eigenvalue weighted by molar-refractivity contribution is 6.30. The van der Waals surface area contributed by atoms with Gasteiger partial charge in [-0.1, -0.05) is 41.9 Å². The lowest BCUT2D eigenvalue weighted by Crippen LogP contribution is -2.17. The maximum absolute atomic E-state index is 11.7. The van der Waals surface area contributed by atoms with Gasteiger partial charge in [0.2, 0.25) is 0 Å². The predicted octanol–water partition coefficient (Wildman–Crippen LogP) is 2.63. The molecule has 0 unspecified atom stereocenters. The zero-order valence-electron chi connectivity index (χ0n) is 11.3. The third kappa shape index (κ3) is 5.36. The van der Waals surface area contributed by atoms with E-state index < -0.39 is 5.97 Å². The molecule has 0 aliphatic heterocycles. The lowest BCUT2D eigenvalue weighted by atomic mass is 10.1. The summed E-state index contributed by atoms with van der Waals surface area (Å²) in [6.07, 6.45) is 1.76. The molecule has 0 radical (unpaired) electrons. The second-order valence-electron chi connectivity index (χ2n) is 4.51. The van der Waals surface area contributed by atoms with Crippen LogP contribution in [0, 0.1) is 0 Å². The van der Waals surface area contributed by atoms with Crippen LogP contribution in [0.25, 0.3) is 0 Å². The van der Waals surface area contributed by atoms with Gasteiger partial charge in [0.25, 0.3) is 0 Å². The Balaban J connectivity index is 1.76. The minimum absolute atomic E-state index is 0.121. The maximum atomic E-state index is 11.7. The molecule has 0 N–H and O–H groups in total. The molecule has 0 aliphatic carbocycles. The highest BCUT2D eigenvalue weighted by atomic mass is 35.5. The number of rotatable bonds is 6. The number of esters is 1. The first-order valence-corrected chi connectivity index (χ1v) is 6.83. The Bertz CT molecular complexity index is 611. The summed E-state index contributed by atoms with van der Waals surface area (Å²) >= 11 is 5.71. The van der Waals surface area contributed by atoms with E-state index in [0.29, 0.717) is 10.7 Å². The number of benzene rings is 1. The summed E-state index contributed by atoms with van der Waals surface area (Å²) in [5, 5.41) is 0.514. The lowest BCUT2D eigenvalue weighted by molar-refractivity contribution is -0.147. The third-order valence-corrected chi connectivity index (χ3v) is 2.98. The number of aromatic nitrogens is 1. The van der Waals surface area contributed by atoms with Crippen LogP contribution in [0.4, 0.5) is 0 Å². The molecule has 108 valence electrons. The number of hydrogen-bond acceptors (Lipinski definition) is 4. The Labute approximate surface area is 127 Å². The van der Waals surface area contributed by atoms with Crippen LogP contribution in [0.1, 0.15) is 11.3 Å². The topological polar surface area (TPSA) is 56.3 Å². The molecule has 4 nitrogen and oxygen atoms in total. The highest BCUT2D eigenvalue weighted by Crippen LogP contribution is 2.07. The van der Waals surface area contributed by atoms with E-state index in [1.165, 1.54) is 6.20 Å². The average molecular weight is 304 g/mol. The van der Waals surface area contributed by atoms with Crippen molar-refractivity contribution in [2.75, 3.05) is 6.61 Å². The molecule has 0 saturated carbocycles. The summed E-state index contributed by atoms with van der Waals surface area (Å²) in [6, 6.07) is 12.6. The van der Waals surface area contributed by atoms with Gasteiger partial charge >= 0.3 is 5.97 Å². The Morgan fingerprint density at radius 2 is 1.81 bits per heavy atom. The molecular formula is C16H14ClNO3. The van der Waals surface area contributed by atoms with Gasteiger partial charge in [-0.15, -0.1) is 0 Å². The summed E-state index contributed by atoms with van der Waals surface area (Å²) in [7, 11) is 0. The van der Waals surface area contributed by atoms with Gasteiger partial charge in [-0.05, 0) is 17.7 Å². The summed E-state index contributed by atoms with van der Waals surface area (Å²) in [5.41, 5.74) is 1.46. The molecule has 2 rings (SSSR count). The van der Waals surface area contributed by atoms with Gasteiger partial charge in [-0.2, -0.15) is 0 Å². The quantitative estimate of drug-likeness (QED) is 0.770. The summed E-state index contributed by atoms with van der Waals surface area (Å²) in [5.74, 6) is -0.621. The number of halogens is 1. The molecule has 2 aromatic rings. The largest absolute Gasteiger partial charge is 0.457 e. The van der Waals surface area contributed by atoms with Crippen molar-refractivity contribution in [3.05, 3.63) is 64.9 Å². The number of hydrogen-bond donors (Lipinski definition) is 0. The molecule has 0 atom stereocenters. The van der Waals surface area contributed by atoms with Crippen LogP contribution in [0.3, 0.4) is 0 Å². The van der Waals surface area contributed by atoms with Crippen LogP contribution < -0.4 is 0 Å². The van der Waals surface area contributed by atoms with Crippen molar-refractivity contribution in [1.29, 1.82) is 0 Å². The fraction of sp³-hybridized carbons (Fsp3) is 0.188. The van der Waals surface area contributed by atoms with E-state index in [4.69, 9.17) is 16.3 Å². The van der Waals surface area contributed by atoms with E-state index in [0.717, 1.165) is 5.56 Å². The van der Waals surface area contributed by atoms with E-state index in [1.54, 1.807) is 12.1 Å². The van der Waals surface area contributed by atoms with Crippen molar-refractivity contribution in [2.24, 2.45) is 0 Å². The number of nitrogens with zero attached hydrogens (tertiary/aromatic N) is 1. The molecular weight excluding hydrogens is 290 g/mol. The van der Waals surface area contributed by atoms with Crippen LogP contribution in [0.2, 0.25) is 5.02 Å². The Morgan fingerprint density at radius 1 is 1.05 bits per heavy atom. The number of carbonyl (C=O) groups excluding carboxylic acids is 2. The third-order valence-electron chi connectivity index (χ3n) is 2.75. The first-order valence-electron chi connectivity index (χ1n) is 6.45. The smallest absolute Gasteiger partial charge is 0.310 e.